The van der Waals surface area contributed by atoms with Crippen molar-refractivity contribution < 1.29 is 30.8 Å². The fourth-order valence-corrected chi connectivity index (χ4v) is 4.81. The van der Waals surface area contributed by atoms with Gasteiger partial charge in [0.1, 0.15) is 11.6 Å². The van der Waals surface area contributed by atoms with E-state index < -0.39 is 61.0 Å². The summed E-state index contributed by atoms with van der Waals surface area (Å²) in [4.78, 5) is 38.7. The molecule has 1 amide bonds. The van der Waals surface area contributed by atoms with E-state index >= 15 is 0 Å². The van der Waals surface area contributed by atoms with E-state index in [0.717, 1.165) is 48.5 Å². The molecule has 3 aromatic rings. The lowest BCUT2D eigenvalue weighted by Gasteiger charge is -2.29. The number of carbonyl (C=O) groups excluding carboxylic acids is 1. The number of alkyl halides is 3. The highest BCUT2D eigenvalue weighted by molar-refractivity contribution is 7.89. The minimum absolute atomic E-state index is 0.119. The van der Waals surface area contributed by atoms with Crippen LogP contribution in [-0.4, -0.2) is 30.1 Å². The normalized spacial score (nSPS) is 17.9. The number of amides is 1. The fraction of sp³-hybridized carbons (Fsp3) is 0.105. The number of hydrogen-bond donors (Lipinski definition) is 4. The maximum atomic E-state index is 14.4. The third kappa shape index (κ3) is 3.45. The van der Waals surface area contributed by atoms with Crippen LogP contribution in [0.2, 0.25) is 0 Å². The number of fused-ring (bicyclic) bond motifs is 1. The van der Waals surface area contributed by atoms with Crippen molar-refractivity contribution in [3.63, 3.8) is 0 Å². The van der Waals surface area contributed by atoms with Gasteiger partial charge in [-0.25, -0.2) is 22.2 Å². The van der Waals surface area contributed by atoms with E-state index in [-0.39, 0.29) is 11.4 Å². The van der Waals surface area contributed by atoms with Crippen molar-refractivity contribution >= 4 is 27.4 Å². The predicted molar refractivity (Wildman–Crippen MR) is 110 cm³/mol. The Hall–Kier alpha value is -3.98. The molecule has 0 unspecified atom stereocenters. The van der Waals surface area contributed by atoms with E-state index in [1.807, 2.05) is 0 Å². The highest BCUT2D eigenvalue weighted by Gasteiger charge is 2.69. The van der Waals surface area contributed by atoms with Crippen LogP contribution in [0.4, 0.5) is 29.1 Å². The lowest BCUT2D eigenvalue weighted by molar-refractivity contribution is -0.194. The molecule has 1 aliphatic heterocycles. The number of rotatable bonds is 4. The van der Waals surface area contributed by atoms with Crippen LogP contribution in [0.1, 0.15) is 5.56 Å². The van der Waals surface area contributed by atoms with Gasteiger partial charge in [-0.1, -0.05) is 0 Å². The average molecular weight is 499 g/mol. The monoisotopic (exact) mass is 499 g/mol. The third-order valence-electron chi connectivity index (χ3n) is 5.05. The van der Waals surface area contributed by atoms with Crippen LogP contribution in [-0.2, 0) is 20.4 Å². The molecule has 0 spiro atoms. The van der Waals surface area contributed by atoms with E-state index in [2.05, 4.69) is 0 Å². The van der Waals surface area contributed by atoms with Crippen molar-refractivity contribution in [3.8, 4) is 5.69 Å². The number of nitrogens with two attached hydrogens (primary N) is 1. The van der Waals surface area contributed by atoms with Crippen LogP contribution in [0.15, 0.2) is 63.0 Å². The summed E-state index contributed by atoms with van der Waals surface area (Å²) in [7, 11) is -5.06. The molecule has 4 rings (SSSR count). The number of nitrogens with one attached hydrogen (secondary N) is 3. The molecule has 0 saturated heterocycles. The molecular formula is C19H13F4N5O5S. The van der Waals surface area contributed by atoms with Gasteiger partial charge in [0.25, 0.3) is 11.5 Å². The second kappa shape index (κ2) is 7.53. The molecule has 2 heterocycles. The van der Waals surface area contributed by atoms with E-state index in [9.17, 15) is 40.4 Å². The number of anilines is 2. The number of hydrogen-bond acceptors (Lipinski definition) is 6. The van der Waals surface area contributed by atoms with Gasteiger partial charge in [-0.2, -0.15) is 17.9 Å². The van der Waals surface area contributed by atoms with Gasteiger partial charge in [-0.15, -0.1) is 0 Å². The zero-order chi connectivity index (χ0) is 25.1. The van der Waals surface area contributed by atoms with Crippen molar-refractivity contribution in [1.29, 1.82) is 0 Å². The quantitative estimate of drug-likeness (QED) is 0.309. The Bertz CT molecular complexity index is 1530. The van der Waals surface area contributed by atoms with Crippen LogP contribution in [0.3, 0.4) is 0 Å². The molecule has 0 fully saturated rings. The Labute approximate surface area is 187 Å². The Morgan fingerprint density at radius 2 is 1.56 bits per heavy atom. The Morgan fingerprint density at radius 3 is 2.12 bits per heavy atom. The summed E-state index contributed by atoms with van der Waals surface area (Å²) in [5.41, 5.74) is -3.04. The van der Waals surface area contributed by atoms with Gasteiger partial charge >= 0.3 is 11.9 Å². The molecule has 0 saturated carbocycles. The molecule has 1 aromatic heterocycles. The molecular weight excluding hydrogens is 486 g/mol. The summed E-state index contributed by atoms with van der Waals surface area (Å²) in [6.45, 7) is 0. The fourth-order valence-electron chi connectivity index (χ4n) is 3.49. The second-order valence-corrected chi connectivity index (χ2v) is 8.85. The SMILES string of the molecule is Nc1ccc(S(=O)(=O)N[C@]2(C(F)(F)F)C(=O)Nc3c2c(=O)[nH]c(=O)n3-c2ccc(F)cc2)cc1. The molecule has 0 radical (unpaired) electrons. The van der Waals surface area contributed by atoms with Crippen molar-refractivity contribution in [2.45, 2.75) is 16.6 Å². The first-order valence-electron chi connectivity index (χ1n) is 9.21. The Kier molecular flexibility index (Phi) is 5.13. The molecule has 1 atom stereocenters. The third-order valence-corrected chi connectivity index (χ3v) is 6.51. The van der Waals surface area contributed by atoms with Crippen molar-refractivity contribution in [2.24, 2.45) is 0 Å². The van der Waals surface area contributed by atoms with Gasteiger partial charge in [0, 0.05) is 5.69 Å². The zero-order valence-corrected chi connectivity index (χ0v) is 17.4. The van der Waals surface area contributed by atoms with Gasteiger partial charge in [0.15, 0.2) is 0 Å². The molecule has 1 aliphatic rings. The first-order valence-corrected chi connectivity index (χ1v) is 10.7. The first kappa shape index (κ1) is 23.2. The molecule has 0 aliphatic carbocycles. The number of carbonyl (C=O) groups is 1. The number of benzene rings is 2. The largest absolute Gasteiger partial charge is 0.421 e. The lowest BCUT2D eigenvalue weighted by Crippen LogP contribution is -2.61. The summed E-state index contributed by atoms with van der Waals surface area (Å²) in [5, 5.41) is 1.78. The smallest absolute Gasteiger partial charge is 0.399 e. The summed E-state index contributed by atoms with van der Waals surface area (Å²) < 4.78 is 84.0. The van der Waals surface area contributed by atoms with Crippen LogP contribution < -0.4 is 27.0 Å². The number of aromatic nitrogens is 2. The van der Waals surface area contributed by atoms with Gasteiger partial charge in [-0.05, 0) is 48.5 Å². The molecule has 15 heteroatoms. The van der Waals surface area contributed by atoms with Gasteiger partial charge in [-0.3, -0.25) is 14.6 Å². The van der Waals surface area contributed by atoms with Gasteiger partial charge in [0.2, 0.25) is 15.6 Å². The predicted octanol–water partition coefficient (Wildman–Crippen LogP) is 0.935. The summed E-state index contributed by atoms with van der Waals surface area (Å²) in [5.74, 6) is -3.63. The van der Waals surface area contributed by atoms with Crippen LogP contribution in [0.5, 0.6) is 0 Å². The van der Waals surface area contributed by atoms with E-state index in [1.54, 1.807) is 10.3 Å². The topological polar surface area (TPSA) is 156 Å². The van der Waals surface area contributed by atoms with E-state index in [1.165, 1.54) is 4.72 Å². The number of H-pyrrole nitrogens is 1. The minimum Gasteiger partial charge on any atom is -0.399 e. The van der Waals surface area contributed by atoms with Crippen molar-refractivity contribution in [2.75, 3.05) is 11.1 Å². The number of halogens is 4. The van der Waals surface area contributed by atoms with Crippen LogP contribution >= 0.6 is 0 Å². The summed E-state index contributed by atoms with van der Waals surface area (Å²) in [6, 6.07) is 7.81. The highest BCUT2D eigenvalue weighted by atomic mass is 32.2. The summed E-state index contributed by atoms with van der Waals surface area (Å²) >= 11 is 0. The Morgan fingerprint density at radius 1 is 0.971 bits per heavy atom. The summed E-state index contributed by atoms with van der Waals surface area (Å²) in [6.07, 6.45) is -5.68. The standard InChI is InChI=1S/C19H13F4N5O5S/c20-9-1-5-11(6-2-9)28-14-13(15(29)26-17(28)31)18(16(30)25-14,19(21,22)23)27-34(32,33)12-7-3-10(24)4-8-12/h1-8,27H,24H2,(H,25,30)(H,26,29,31)/t18-/m0/s1. The lowest BCUT2D eigenvalue weighted by atomic mass is 9.93. The van der Waals surface area contributed by atoms with Gasteiger partial charge in [0.05, 0.1) is 16.1 Å². The number of aromatic amines is 1. The molecule has 0 bridgehead atoms. The average Bonchev–Trinajstić information content (AvgIpc) is 3.02. The number of nitrogens with zero attached hydrogens (tertiary/aromatic N) is 1. The van der Waals surface area contributed by atoms with Crippen molar-refractivity contribution in [3.05, 3.63) is 80.7 Å². The highest BCUT2D eigenvalue weighted by Crippen LogP contribution is 2.46. The maximum absolute atomic E-state index is 14.4. The maximum Gasteiger partial charge on any atom is 0.421 e. The zero-order valence-electron chi connectivity index (χ0n) is 16.6. The molecule has 34 heavy (non-hydrogen) atoms. The molecule has 10 nitrogen and oxygen atoms in total. The van der Waals surface area contributed by atoms with E-state index in [4.69, 9.17) is 5.73 Å². The molecule has 5 N–H and O–H groups in total. The van der Waals surface area contributed by atoms with Crippen molar-refractivity contribution in [1.82, 2.24) is 14.3 Å². The van der Waals surface area contributed by atoms with Crippen LogP contribution in [0, 0.1) is 5.82 Å². The van der Waals surface area contributed by atoms with E-state index in [0.29, 0.717) is 4.57 Å². The van der Waals surface area contributed by atoms with Gasteiger partial charge < -0.3 is 11.1 Å². The first-order chi connectivity index (χ1) is 15.8. The number of nitrogen functional groups attached to an aromatic ring is 1. The van der Waals surface area contributed by atoms with Crippen LogP contribution in [0.25, 0.3) is 5.69 Å². The number of sulfonamides is 1. The second-order valence-electron chi connectivity index (χ2n) is 7.17. The minimum atomic E-state index is -5.68. The Balaban J connectivity index is 2.01. The molecule has 2 aromatic carbocycles. The molecule has 178 valence electrons.